The molecule has 0 radical (unpaired) electrons. The van der Waals surface area contributed by atoms with Crippen molar-refractivity contribution in [1.29, 1.82) is 5.41 Å². The van der Waals surface area contributed by atoms with Crippen LogP contribution in [-0.4, -0.2) is 20.7 Å². The molecule has 0 amide bonds. The number of rotatable bonds is 4. The van der Waals surface area contributed by atoms with Crippen LogP contribution in [0.15, 0.2) is 53.5 Å². The topological polar surface area (TPSA) is 82.5 Å². The molecule has 1 aromatic carbocycles. The van der Waals surface area contributed by atoms with Gasteiger partial charge in [0.15, 0.2) is 0 Å². The molecule has 3 aromatic rings. The first-order valence-electron chi connectivity index (χ1n) is 8.94. The maximum atomic E-state index is 12.8. The maximum Gasteiger partial charge on any atom is 0.433 e. The summed E-state index contributed by atoms with van der Waals surface area (Å²) in [5.74, 6) is -0.0334. The average molecular weight is 452 g/mol. The average Bonchev–Trinajstić information content (AvgIpc) is 2.70. The Bertz CT molecular complexity index is 1220. The molecule has 2 N–H and O–H groups in total. The zero-order chi connectivity index (χ0) is 23.7. The molecule has 5 nitrogen and oxygen atoms in total. The van der Waals surface area contributed by atoms with Crippen molar-refractivity contribution in [2.75, 3.05) is 0 Å². The highest BCUT2D eigenvalue weighted by Gasteiger charge is 2.32. The van der Waals surface area contributed by atoms with Crippen LogP contribution in [0, 0.1) is 5.41 Å². The molecule has 2 heterocycles. The van der Waals surface area contributed by atoms with E-state index in [0.29, 0.717) is 0 Å². The van der Waals surface area contributed by atoms with E-state index in [4.69, 9.17) is 5.41 Å². The predicted octanol–water partition coefficient (Wildman–Crippen LogP) is 5.45. The van der Waals surface area contributed by atoms with Crippen LogP contribution in [0.2, 0.25) is 0 Å². The van der Waals surface area contributed by atoms with E-state index in [2.05, 4.69) is 15.0 Å². The molecule has 0 fully saturated rings. The second-order valence-electron chi connectivity index (χ2n) is 6.70. The van der Waals surface area contributed by atoms with Gasteiger partial charge in [-0.1, -0.05) is 12.1 Å². The predicted molar refractivity (Wildman–Crippen MR) is 106 cm³/mol. The molecule has 0 saturated heterocycles. The summed E-state index contributed by atoms with van der Waals surface area (Å²) in [5, 5.41) is 7.94. The van der Waals surface area contributed by atoms with E-state index in [9.17, 15) is 31.1 Å². The summed E-state index contributed by atoms with van der Waals surface area (Å²) in [5.41, 5.74) is -1.90. The molecule has 0 unspecified atom stereocenters. The molecule has 0 spiro atoms. The van der Waals surface area contributed by atoms with Crippen molar-refractivity contribution in [3.8, 4) is 11.3 Å². The Morgan fingerprint density at radius 1 is 1.00 bits per heavy atom. The molecule has 32 heavy (non-hydrogen) atoms. The van der Waals surface area contributed by atoms with Crippen molar-refractivity contribution in [1.82, 2.24) is 15.0 Å². The summed E-state index contributed by atoms with van der Waals surface area (Å²) < 4.78 is 76.5. The molecule has 2 aromatic heterocycles. The summed E-state index contributed by atoms with van der Waals surface area (Å²) in [7, 11) is 0. The Labute approximate surface area is 177 Å². The summed E-state index contributed by atoms with van der Waals surface area (Å²) in [6.07, 6.45) is -6.91. The number of benzene rings is 1. The zero-order valence-corrected chi connectivity index (χ0v) is 16.3. The lowest BCUT2D eigenvalue weighted by Crippen LogP contribution is -2.10. The number of aromatic amines is 1. The number of hydrogen-bond acceptors (Lipinski definition) is 4. The summed E-state index contributed by atoms with van der Waals surface area (Å²) in [4.78, 5) is 22.0. The van der Waals surface area contributed by atoms with Crippen molar-refractivity contribution in [2.45, 2.75) is 19.3 Å². The van der Waals surface area contributed by atoms with Gasteiger partial charge in [-0.15, -0.1) is 0 Å². The third-order valence-electron chi connectivity index (χ3n) is 4.32. The minimum Gasteiger partial charge on any atom is -0.307 e. The third-order valence-corrected chi connectivity index (χ3v) is 4.32. The van der Waals surface area contributed by atoms with Crippen molar-refractivity contribution in [2.24, 2.45) is 0 Å². The second kappa shape index (κ2) is 8.40. The lowest BCUT2D eigenvalue weighted by Gasteiger charge is -2.10. The van der Waals surface area contributed by atoms with E-state index < -0.39 is 29.2 Å². The fraction of sp³-hybridized carbons (Fsp3) is 0.143. The van der Waals surface area contributed by atoms with Gasteiger partial charge in [-0.25, -0.2) is 4.98 Å². The number of aromatic nitrogens is 3. The first kappa shape index (κ1) is 22.9. The number of allylic oxidation sites excluding steroid dienone is 1. The van der Waals surface area contributed by atoms with Crippen molar-refractivity contribution in [3.63, 3.8) is 0 Å². The minimum atomic E-state index is -4.62. The van der Waals surface area contributed by atoms with Gasteiger partial charge >= 0.3 is 12.4 Å². The molecule has 0 saturated carbocycles. The van der Waals surface area contributed by atoms with Gasteiger partial charge in [0.1, 0.15) is 11.5 Å². The molecule has 3 rings (SSSR count). The quantitative estimate of drug-likeness (QED) is 0.408. The Hall–Kier alpha value is -3.76. The van der Waals surface area contributed by atoms with Crippen LogP contribution in [0.5, 0.6) is 0 Å². The van der Waals surface area contributed by atoms with Crippen LogP contribution in [0.4, 0.5) is 26.3 Å². The van der Waals surface area contributed by atoms with E-state index >= 15 is 0 Å². The van der Waals surface area contributed by atoms with Crippen molar-refractivity contribution < 1.29 is 26.3 Å². The Morgan fingerprint density at radius 3 is 2.16 bits per heavy atom. The molecule has 0 bridgehead atoms. The van der Waals surface area contributed by atoms with Crippen LogP contribution in [0.1, 0.15) is 29.6 Å². The standard InChI is InChI=1S/C21H14F6N4O/c1-11(28)15(12-2-5-14(6-3-12)20(22,23)24)8-18-30-16(9-19(32)31-18)13-4-7-17(29-10-13)21(25,26)27/h2-10,28H,1H3,(H,30,31,32). The summed E-state index contributed by atoms with van der Waals surface area (Å²) in [6.45, 7) is 1.41. The number of halogens is 6. The molecular formula is C21H14F6N4O. The number of hydrogen-bond donors (Lipinski definition) is 2. The van der Waals surface area contributed by atoms with Gasteiger partial charge in [0, 0.05) is 29.1 Å². The maximum absolute atomic E-state index is 12.8. The van der Waals surface area contributed by atoms with Crippen molar-refractivity contribution in [3.05, 3.63) is 81.7 Å². The van der Waals surface area contributed by atoms with Gasteiger partial charge in [0.05, 0.1) is 11.3 Å². The van der Waals surface area contributed by atoms with Crippen LogP contribution in [0.25, 0.3) is 22.9 Å². The van der Waals surface area contributed by atoms with Crippen LogP contribution in [0.3, 0.4) is 0 Å². The monoisotopic (exact) mass is 452 g/mol. The largest absolute Gasteiger partial charge is 0.433 e. The van der Waals surface area contributed by atoms with E-state index in [1.54, 1.807) is 0 Å². The van der Waals surface area contributed by atoms with E-state index in [-0.39, 0.29) is 33.9 Å². The zero-order valence-electron chi connectivity index (χ0n) is 16.3. The van der Waals surface area contributed by atoms with Gasteiger partial charge in [-0.2, -0.15) is 26.3 Å². The molecule has 166 valence electrons. The summed E-state index contributed by atoms with van der Waals surface area (Å²) >= 11 is 0. The fourth-order valence-electron chi connectivity index (χ4n) is 2.79. The first-order valence-corrected chi connectivity index (χ1v) is 8.94. The second-order valence-corrected chi connectivity index (χ2v) is 6.70. The highest BCUT2D eigenvalue weighted by Crippen LogP contribution is 2.31. The lowest BCUT2D eigenvalue weighted by atomic mass is 10.00. The van der Waals surface area contributed by atoms with Gasteiger partial charge in [0.25, 0.3) is 5.56 Å². The number of pyridine rings is 1. The fourth-order valence-corrected chi connectivity index (χ4v) is 2.79. The van der Waals surface area contributed by atoms with E-state index in [0.717, 1.165) is 36.5 Å². The minimum absolute atomic E-state index is 0.00555. The lowest BCUT2D eigenvalue weighted by molar-refractivity contribution is -0.141. The van der Waals surface area contributed by atoms with Crippen LogP contribution < -0.4 is 5.56 Å². The molecule has 0 aliphatic heterocycles. The van der Waals surface area contributed by atoms with Crippen LogP contribution >= 0.6 is 0 Å². The highest BCUT2D eigenvalue weighted by molar-refractivity contribution is 6.25. The molecule has 0 aliphatic carbocycles. The molecule has 11 heteroatoms. The van der Waals surface area contributed by atoms with Gasteiger partial charge in [-0.3, -0.25) is 9.78 Å². The molecule has 0 atom stereocenters. The Balaban J connectivity index is 2.02. The Kier molecular flexibility index (Phi) is 6.02. The normalized spacial score (nSPS) is 12.7. The molecular weight excluding hydrogens is 438 g/mol. The van der Waals surface area contributed by atoms with Crippen molar-refractivity contribution >= 4 is 17.4 Å². The third kappa shape index (κ3) is 5.29. The highest BCUT2D eigenvalue weighted by atomic mass is 19.4. The SMILES string of the molecule is CC(=N)C(=Cc1nc(-c2ccc(C(F)(F)F)nc2)cc(=O)[nH]1)c1ccc(C(F)(F)F)cc1. The van der Waals surface area contributed by atoms with E-state index in [1.165, 1.54) is 25.1 Å². The smallest absolute Gasteiger partial charge is 0.307 e. The van der Waals surface area contributed by atoms with Gasteiger partial charge in [0.2, 0.25) is 0 Å². The Morgan fingerprint density at radius 2 is 1.66 bits per heavy atom. The van der Waals surface area contributed by atoms with Crippen LogP contribution in [-0.2, 0) is 12.4 Å². The number of alkyl halides is 6. The first-order chi connectivity index (χ1) is 14.8. The number of nitrogens with one attached hydrogen (secondary N) is 2. The van der Waals surface area contributed by atoms with Gasteiger partial charge < -0.3 is 10.4 Å². The van der Waals surface area contributed by atoms with Gasteiger partial charge in [-0.05, 0) is 42.8 Å². The number of H-pyrrole nitrogens is 1. The molecule has 0 aliphatic rings. The number of nitrogens with zero attached hydrogens (tertiary/aromatic N) is 2. The van der Waals surface area contributed by atoms with E-state index in [1.807, 2.05) is 0 Å². The summed E-state index contributed by atoms with van der Waals surface area (Å²) in [6, 6.07) is 7.05.